The third-order valence-corrected chi connectivity index (χ3v) is 2.33. The molecule has 0 bridgehead atoms. The number of rotatable bonds is 3. The summed E-state index contributed by atoms with van der Waals surface area (Å²) in [5.41, 5.74) is 0. The van der Waals surface area contributed by atoms with Gasteiger partial charge in [-0.3, -0.25) is 4.79 Å². The smallest absolute Gasteiger partial charge is 0.308 e. The van der Waals surface area contributed by atoms with Crippen molar-refractivity contribution in [3.63, 3.8) is 0 Å². The standard InChI is InChI=1S/C10H18O3/c1-3-12-10(11)7-9-6-8(2)4-5-13-9/h8-9H,3-7H2,1-2H3. The fourth-order valence-corrected chi connectivity index (χ4v) is 1.62. The molecule has 0 saturated carbocycles. The minimum absolute atomic E-state index is 0.0859. The molecule has 0 aliphatic carbocycles. The molecule has 0 aromatic carbocycles. The zero-order valence-electron chi connectivity index (χ0n) is 8.41. The molecule has 0 amide bonds. The van der Waals surface area contributed by atoms with Crippen LogP contribution in [0.1, 0.15) is 33.1 Å². The molecule has 0 spiro atoms. The lowest BCUT2D eigenvalue weighted by atomic mass is 9.96. The van der Waals surface area contributed by atoms with Gasteiger partial charge < -0.3 is 9.47 Å². The molecule has 0 radical (unpaired) electrons. The predicted molar refractivity (Wildman–Crippen MR) is 49.4 cm³/mol. The Hall–Kier alpha value is -0.570. The summed E-state index contributed by atoms with van der Waals surface area (Å²) in [5, 5.41) is 0. The fourth-order valence-electron chi connectivity index (χ4n) is 1.62. The minimum Gasteiger partial charge on any atom is -0.466 e. The van der Waals surface area contributed by atoms with Gasteiger partial charge in [0.1, 0.15) is 0 Å². The summed E-state index contributed by atoms with van der Waals surface area (Å²) >= 11 is 0. The first-order valence-corrected chi connectivity index (χ1v) is 4.99. The summed E-state index contributed by atoms with van der Waals surface area (Å²) in [4.78, 5) is 11.1. The van der Waals surface area contributed by atoms with Crippen molar-refractivity contribution < 1.29 is 14.3 Å². The zero-order valence-corrected chi connectivity index (χ0v) is 8.41. The van der Waals surface area contributed by atoms with Crippen molar-refractivity contribution in [2.45, 2.75) is 39.2 Å². The molecule has 2 atom stereocenters. The number of esters is 1. The van der Waals surface area contributed by atoms with Gasteiger partial charge in [-0.2, -0.15) is 0 Å². The Balaban J connectivity index is 2.23. The molecular weight excluding hydrogens is 168 g/mol. The van der Waals surface area contributed by atoms with Crippen molar-refractivity contribution in [2.75, 3.05) is 13.2 Å². The third-order valence-electron chi connectivity index (χ3n) is 2.33. The second-order valence-corrected chi connectivity index (χ2v) is 3.63. The first kappa shape index (κ1) is 10.5. The molecule has 1 fully saturated rings. The Labute approximate surface area is 79.4 Å². The van der Waals surface area contributed by atoms with E-state index in [0.717, 1.165) is 19.4 Å². The van der Waals surface area contributed by atoms with Gasteiger partial charge in [-0.15, -0.1) is 0 Å². The van der Waals surface area contributed by atoms with Crippen LogP contribution in [0.25, 0.3) is 0 Å². The summed E-state index contributed by atoms with van der Waals surface area (Å²) in [6.07, 6.45) is 2.60. The van der Waals surface area contributed by atoms with Gasteiger partial charge in [0, 0.05) is 6.61 Å². The largest absolute Gasteiger partial charge is 0.466 e. The van der Waals surface area contributed by atoms with E-state index in [0.29, 0.717) is 18.9 Å². The van der Waals surface area contributed by atoms with Crippen LogP contribution >= 0.6 is 0 Å². The molecule has 1 aliphatic heterocycles. The number of carbonyl (C=O) groups excluding carboxylic acids is 1. The van der Waals surface area contributed by atoms with Crippen LogP contribution in [0.15, 0.2) is 0 Å². The average molecular weight is 186 g/mol. The lowest BCUT2D eigenvalue weighted by molar-refractivity contribution is -0.147. The summed E-state index contributed by atoms with van der Waals surface area (Å²) < 4.78 is 10.3. The maximum Gasteiger partial charge on any atom is 0.308 e. The van der Waals surface area contributed by atoms with Crippen molar-refractivity contribution in [3.05, 3.63) is 0 Å². The second-order valence-electron chi connectivity index (χ2n) is 3.63. The molecule has 1 heterocycles. The van der Waals surface area contributed by atoms with E-state index < -0.39 is 0 Å². The first-order chi connectivity index (χ1) is 6.22. The number of carbonyl (C=O) groups is 1. The molecule has 3 heteroatoms. The van der Waals surface area contributed by atoms with Crippen LogP contribution in [-0.2, 0) is 14.3 Å². The third kappa shape index (κ3) is 3.77. The van der Waals surface area contributed by atoms with Crippen LogP contribution in [0.3, 0.4) is 0 Å². The van der Waals surface area contributed by atoms with Crippen molar-refractivity contribution >= 4 is 5.97 Å². The van der Waals surface area contributed by atoms with Gasteiger partial charge in [-0.1, -0.05) is 6.92 Å². The van der Waals surface area contributed by atoms with Gasteiger partial charge in [0.25, 0.3) is 0 Å². The van der Waals surface area contributed by atoms with Crippen LogP contribution in [0.4, 0.5) is 0 Å². The number of hydrogen-bond acceptors (Lipinski definition) is 3. The lowest BCUT2D eigenvalue weighted by Crippen LogP contribution is -2.27. The molecule has 1 saturated heterocycles. The van der Waals surface area contributed by atoms with E-state index >= 15 is 0 Å². The molecule has 1 aliphatic rings. The molecule has 13 heavy (non-hydrogen) atoms. The van der Waals surface area contributed by atoms with Crippen LogP contribution in [0.5, 0.6) is 0 Å². The van der Waals surface area contributed by atoms with Crippen molar-refractivity contribution in [2.24, 2.45) is 5.92 Å². The Bertz CT molecular complexity index is 168. The summed E-state index contributed by atoms with van der Waals surface area (Å²) in [6, 6.07) is 0. The average Bonchev–Trinajstić information content (AvgIpc) is 2.04. The number of ether oxygens (including phenoxy) is 2. The molecule has 3 nitrogen and oxygen atoms in total. The van der Waals surface area contributed by atoms with E-state index in [1.165, 1.54) is 0 Å². The van der Waals surface area contributed by atoms with Gasteiger partial charge in [0.2, 0.25) is 0 Å². The zero-order chi connectivity index (χ0) is 9.68. The summed E-state index contributed by atoms with van der Waals surface area (Å²) in [5.74, 6) is 0.537. The second kappa shape index (κ2) is 5.22. The van der Waals surface area contributed by atoms with E-state index in [2.05, 4.69) is 6.92 Å². The van der Waals surface area contributed by atoms with Crippen LogP contribution in [-0.4, -0.2) is 25.3 Å². The van der Waals surface area contributed by atoms with E-state index in [-0.39, 0.29) is 12.1 Å². The van der Waals surface area contributed by atoms with Crippen LogP contribution in [0.2, 0.25) is 0 Å². The highest BCUT2D eigenvalue weighted by Crippen LogP contribution is 2.21. The van der Waals surface area contributed by atoms with E-state index in [4.69, 9.17) is 9.47 Å². The van der Waals surface area contributed by atoms with Crippen LogP contribution < -0.4 is 0 Å². The Morgan fingerprint density at radius 3 is 3.00 bits per heavy atom. The Morgan fingerprint density at radius 2 is 2.38 bits per heavy atom. The molecular formula is C10H18O3. The molecule has 2 unspecified atom stereocenters. The monoisotopic (exact) mass is 186 g/mol. The Kier molecular flexibility index (Phi) is 4.22. The highest BCUT2D eigenvalue weighted by molar-refractivity contribution is 5.69. The fraction of sp³-hybridized carbons (Fsp3) is 0.900. The normalized spacial score (nSPS) is 28.5. The van der Waals surface area contributed by atoms with E-state index in [1.54, 1.807) is 0 Å². The van der Waals surface area contributed by atoms with Gasteiger partial charge in [0.15, 0.2) is 0 Å². The van der Waals surface area contributed by atoms with Gasteiger partial charge >= 0.3 is 5.97 Å². The van der Waals surface area contributed by atoms with Gasteiger partial charge in [-0.25, -0.2) is 0 Å². The Morgan fingerprint density at radius 1 is 1.62 bits per heavy atom. The summed E-state index contributed by atoms with van der Waals surface area (Å²) in [6.45, 7) is 5.26. The topological polar surface area (TPSA) is 35.5 Å². The van der Waals surface area contributed by atoms with E-state index in [1.807, 2.05) is 6.92 Å². The maximum absolute atomic E-state index is 11.1. The highest BCUT2D eigenvalue weighted by atomic mass is 16.5. The minimum atomic E-state index is -0.137. The van der Waals surface area contributed by atoms with Crippen molar-refractivity contribution in [1.29, 1.82) is 0 Å². The van der Waals surface area contributed by atoms with E-state index in [9.17, 15) is 4.79 Å². The molecule has 76 valence electrons. The molecule has 1 rings (SSSR count). The van der Waals surface area contributed by atoms with Crippen molar-refractivity contribution in [3.8, 4) is 0 Å². The van der Waals surface area contributed by atoms with Crippen molar-refractivity contribution in [1.82, 2.24) is 0 Å². The molecule has 0 aromatic rings. The predicted octanol–water partition coefficient (Wildman–Crippen LogP) is 1.75. The first-order valence-electron chi connectivity index (χ1n) is 4.99. The van der Waals surface area contributed by atoms with Gasteiger partial charge in [-0.05, 0) is 25.7 Å². The SMILES string of the molecule is CCOC(=O)CC1CC(C)CCO1. The quantitative estimate of drug-likeness (QED) is 0.630. The van der Waals surface area contributed by atoms with Crippen LogP contribution in [0, 0.1) is 5.92 Å². The molecule has 0 aromatic heterocycles. The highest BCUT2D eigenvalue weighted by Gasteiger charge is 2.22. The number of hydrogen-bond donors (Lipinski definition) is 0. The molecule has 0 N–H and O–H groups in total. The van der Waals surface area contributed by atoms with Gasteiger partial charge in [0.05, 0.1) is 19.1 Å². The maximum atomic E-state index is 11.1. The lowest BCUT2D eigenvalue weighted by Gasteiger charge is -2.26. The summed E-state index contributed by atoms with van der Waals surface area (Å²) in [7, 11) is 0.